The predicted octanol–water partition coefficient (Wildman–Crippen LogP) is 0.785. The van der Waals surface area contributed by atoms with Crippen LogP contribution in [0.15, 0.2) is 24.3 Å². The van der Waals surface area contributed by atoms with Gasteiger partial charge < -0.3 is 20.5 Å². The average Bonchev–Trinajstić information content (AvgIpc) is 2.28. The minimum absolute atomic E-state index is 0.00678. The standard InChI is InChI=1S/C11H18NO4P/c1-16-11-4-2-9(3-5-11)7-17(14,15)8-10(13)6-12/h2-5,10,13H,6-8,12H2,1H3,(H,14,15)/t10-/m1/s1. The van der Waals surface area contributed by atoms with E-state index in [0.29, 0.717) is 5.75 Å². The topological polar surface area (TPSA) is 92.8 Å². The van der Waals surface area contributed by atoms with E-state index in [1.807, 2.05) is 0 Å². The van der Waals surface area contributed by atoms with Crippen LogP contribution >= 0.6 is 7.37 Å². The van der Waals surface area contributed by atoms with Gasteiger partial charge in [-0.05, 0) is 17.7 Å². The lowest BCUT2D eigenvalue weighted by Crippen LogP contribution is -2.23. The van der Waals surface area contributed by atoms with E-state index in [-0.39, 0.29) is 18.9 Å². The van der Waals surface area contributed by atoms with Crippen LogP contribution in [0.3, 0.4) is 0 Å². The Morgan fingerprint density at radius 1 is 1.41 bits per heavy atom. The molecule has 5 nitrogen and oxygen atoms in total. The summed E-state index contributed by atoms with van der Waals surface area (Å²) in [5.74, 6) is 0.698. The first-order chi connectivity index (χ1) is 7.96. The Morgan fingerprint density at radius 3 is 2.47 bits per heavy atom. The zero-order chi connectivity index (χ0) is 12.9. The fraction of sp³-hybridized carbons (Fsp3) is 0.455. The largest absolute Gasteiger partial charge is 0.497 e. The molecule has 0 saturated carbocycles. The van der Waals surface area contributed by atoms with Crippen LogP contribution in [0.2, 0.25) is 0 Å². The van der Waals surface area contributed by atoms with Gasteiger partial charge in [-0.1, -0.05) is 12.1 Å². The van der Waals surface area contributed by atoms with Crippen molar-refractivity contribution in [1.29, 1.82) is 0 Å². The molecule has 1 aromatic rings. The van der Waals surface area contributed by atoms with Crippen LogP contribution in [0.1, 0.15) is 5.56 Å². The maximum absolute atomic E-state index is 11.8. The summed E-state index contributed by atoms with van der Waals surface area (Å²) in [4.78, 5) is 9.70. The molecule has 1 rings (SSSR count). The lowest BCUT2D eigenvalue weighted by Gasteiger charge is -2.15. The van der Waals surface area contributed by atoms with Crippen LogP contribution in [0.25, 0.3) is 0 Å². The highest BCUT2D eigenvalue weighted by molar-refractivity contribution is 7.57. The van der Waals surface area contributed by atoms with Gasteiger partial charge in [0, 0.05) is 12.7 Å². The van der Waals surface area contributed by atoms with Crippen molar-refractivity contribution in [3.8, 4) is 5.75 Å². The highest BCUT2D eigenvalue weighted by Gasteiger charge is 2.22. The maximum Gasteiger partial charge on any atom is 0.207 e. The van der Waals surface area contributed by atoms with Crippen LogP contribution < -0.4 is 10.5 Å². The molecule has 1 unspecified atom stereocenters. The molecule has 96 valence electrons. The Balaban J connectivity index is 2.65. The van der Waals surface area contributed by atoms with Crippen molar-refractivity contribution >= 4 is 7.37 Å². The number of nitrogens with two attached hydrogens (primary N) is 1. The van der Waals surface area contributed by atoms with Gasteiger partial charge in [0.2, 0.25) is 7.37 Å². The Hall–Kier alpha value is -0.870. The fourth-order valence-corrected chi connectivity index (χ4v) is 3.20. The first kappa shape index (κ1) is 14.2. The van der Waals surface area contributed by atoms with E-state index in [2.05, 4.69) is 0 Å². The minimum atomic E-state index is -3.38. The SMILES string of the molecule is COc1ccc(CP(=O)(O)C[C@H](O)CN)cc1. The number of ether oxygens (including phenoxy) is 1. The molecular weight excluding hydrogens is 241 g/mol. The zero-order valence-corrected chi connectivity index (χ0v) is 10.6. The second-order valence-corrected chi connectivity index (χ2v) is 6.30. The van der Waals surface area contributed by atoms with Crippen LogP contribution in [0, 0.1) is 0 Å². The molecule has 0 aromatic heterocycles. The van der Waals surface area contributed by atoms with Gasteiger partial charge in [-0.25, -0.2) is 0 Å². The molecule has 17 heavy (non-hydrogen) atoms. The first-order valence-electron chi connectivity index (χ1n) is 5.29. The van der Waals surface area contributed by atoms with E-state index < -0.39 is 13.5 Å². The van der Waals surface area contributed by atoms with Gasteiger partial charge in [-0.2, -0.15) is 0 Å². The van der Waals surface area contributed by atoms with E-state index in [1.54, 1.807) is 31.4 Å². The highest BCUT2D eigenvalue weighted by atomic mass is 31.2. The third-order valence-electron chi connectivity index (χ3n) is 2.36. The van der Waals surface area contributed by atoms with Crippen LogP contribution in [-0.4, -0.2) is 35.9 Å². The quantitative estimate of drug-likeness (QED) is 0.657. The highest BCUT2D eigenvalue weighted by Crippen LogP contribution is 2.44. The Labute approximate surface area is 101 Å². The number of aliphatic hydroxyl groups excluding tert-OH is 1. The van der Waals surface area contributed by atoms with Gasteiger partial charge >= 0.3 is 0 Å². The number of aliphatic hydroxyl groups is 1. The molecule has 0 aliphatic carbocycles. The average molecular weight is 259 g/mol. The van der Waals surface area contributed by atoms with Gasteiger partial charge in [0.1, 0.15) is 5.75 Å². The molecule has 6 heteroatoms. The number of hydrogen-bond donors (Lipinski definition) is 3. The summed E-state index contributed by atoms with van der Waals surface area (Å²) in [6.45, 7) is -0.00678. The minimum Gasteiger partial charge on any atom is -0.497 e. The van der Waals surface area contributed by atoms with Gasteiger partial charge in [0.25, 0.3) is 0 Å². The normalized spacial score (nSPS) is 16.2. The molecule has 2 atom stereocenters. The Kier molecular flexibility index (Phi) is 5.15. The fourth-order valence-electron chi connectivity index (χ4n) is 1.48. The summed E-state index contributed by atoms with van der Waals surface area (Å²) >= 11 is 0. The Bertz CT molecular complexity index is 393. The maximum atomic E-state index is 11.8. The number of rotatable bonds is 6. The monoisotopic (exact) mass is 259 g/mol. The van der Waals surface area contributed by atoms with E-state index in [4.69, 9.17) is 10.5 Å². The molecule has 0 heterocycles. The van der Waals surface area contributed by atoms with Crippen molar-refractivity contribution in [3.63, 3.8) is 0 Å². The summed E-state index contributed by atoms with van der Waals surface area (Å²) in [6, 6.07) is 6.93. The molecule has 0 spiro atoms. The Morgan fingerprint density at radius 2 is 2.00 bits per heavy atom. The smallest absolute Gasteiger partial charge is 0.207 e. The molecule has 0 saturated heterocycles. The summed E-state index contributed by atoms with van der Waals surface area (Å²) < 4.78 is 16.8. The molecular formula is C11H18NO4P. The lowest BCUT2D eigenvalue weighted by molar-refractivity contribution is 0.202. The first-order valence-corrected chi connectivity index (χ1v) is 7.32. The van der Waals surface area contributed by atoms with Crippen LogP contribution in [0.5, 0.6) is 5.75 Å². The van der Waals surface area contributed by atoms with E-state index >= 15 is 0 Å². The lowest BCUT2D eigenvalue weighted by atomic mass is 10.2. The molecule has 0 aliphatic rings. The zero-order valence-electron chi connectivity index (χ0n) is 9.74. The van der Waals surface area contributed by atoms with Crippen molar-refractivity contribution < 1.29 is 19.3 Å². The van der Waals surface area contributed by atoms with Crippen molar-refractivity contribution in [2.75, 3.05) is 19.8 Å². The molecule has 0 amide bonds. The summed E-state index contributed by atoms with van der Waals surface area (Å²) in [7, 11) is -1.82. The van der Waals surface area contributed by atoms with Crippen molar-refractivity contribution in [1.82, 2.24) is 0 Å². The summed E-state index contributed by atoms with van der Waals surface area (Å²) in [5.41, 5.74) is 5.95. The van der Waals surface area contributed by atoms with E-state index in [1.165, 1.54) is 0 Å². The van der Waals surface area contributed by atoms with Crippen molar-refractivity contribution in [2.24, 2.45) is 5.73 Å². The third kappa shape index (κ3) is 4.88. The molecule has 1 aromatic carbocycles. The second-order valence-electron chi connectivity index (χ2n) is 3.92. The predicted molar refractivity (Wildman–Crippen MR) is 66.5 cm³/mol. The number of methoxy groups -OCH3 is 1. The molecule has 0 radical (unpaired) electrons. The van der Waals surface area contributed by atoms with Gasteiger partial charge in [-0.15, -0.1) is 0 Å². The third-order valence-corrected chi connectivity index (χ3v) is 4.21. The van der Waals surface area contributed by atoms with Crippen LogP contribution in [0.4, 0.5) is 0 Å². The number of hydrogen-bond acceptors (Lipinski definition) is 4. The van der Waals surface area contributed by atoms with Crippen LogP contribution in [-0.2, 0) is 10.7 Å². The molecule has 0 fully saturated rings. The summed E-state index contributed by atoms with van der Waals surface area (Å²) in [5, 5.41) is 9.28. The molecule has 0 bridgehead atoms. The van der Waals surface area contributed by atoms with Gasteiger partial charge in [0.15, 0.2) is 0 Å². The van der Waals surface area contributed by atoms with E-state index in [0.717, 1.165) is 5.56 Å². The molecule has 4 N–H and O–H groups in total. The number of benzene rings is 1. The van der Waals surface area contributed by atoms with Gasteiger partial charge in [0.05, 0.1) is 19.4 Å². The van der Waals surface area contributed by atoms with Gasteiger partial charge in [-0.3, -0.25) is 4.57 Å². The van der Waals surface area contributed by atoms with Crippen molar-refractivity contribution in [3.05, 3.63) is 29.8 Å². The summed E-state index contributed by atoms with van der Waals surface area (Å²) in [6.07, 6.45) is -1.06. The molecule has 0 aliphatic heterocycles. The second kappa shape index (κ2) is 6.17. The van der Waals surface area contributed by atoms with E-state index in [9.17, 15) is 14.6 Å². The van der Waals surface area contributed by atoms with Crippen molar-refractivity contribution in [2.45, 2.75) is 12.3 Å².